The van der Waals surface area contributed by atoms with Crippen LogP contribution in [0.3, 0.4) is 0 Å². The van der Waals surface area contributed by atoms with E-state index in [9.17, 15) is 20.0 Å². The number of nitrogens with one attached hydrogen (secondary N) is 4. The summed E-state index contributed by atoms with van der Waals surface area (Å²) >= 11 is 11.7. The second kappa shape index (κ2) is 9.81. The average Bonchev–Trinajstić information content (AvgIpc) is 3.45. The molecule has 3 rings (SSSR count). The molecule has 1 saturated carbocycles. The second-order valence-electron chi connectivity index (χ2n) is 7.78. The maximum Gasteiger partial charge on any atom is 0.268 e. The van der Waals surface area contributed by atoms with Gasteiger partial charge in [0.2, 0.25) is 5.91 Å². The Morgan fingerprint density at radius 3 is 2.62 bits per heavy atom. The number of carbonyl (C=O) groups excluding carboxylic acids is 2. The summed E-state index contributed by atoms with van der Waals surface area (Å²) in [6, 6.07) is 2.00. The zero-order chi connectivity index (χ0) is 21.0. The molecule has 1 aliphatic carbocycles. The van der Waals surface area contributed by atoms with E-state index in [0.29, 0.717) is 18.8 Å². The molecule has 1 aromatic heterocycles. The standard InChI is InChI=1S/C19H25Cl2N5O3/c20-13-8-15(25-16(13)21)19(29)26-14(6-10-3-4-10)18(28)24-12(9-22)7-11-2-1-5-23-17(11)27/h8,10-12,14,17,23,25,27H,1-7H2,(H,24,28)(H,26,29)/t11-,12-,14-,17?/m0/s1. The summed E-state index contributed by atoms with van der Waals surface area (Å²) in [4.78, 5) is 28.0. The fourth-order valence-corrected chi connectivity index (χ4v) is 3.90. The van der Waals surface area contributed by atoms with Crippen LogP contribution in [0.15, 0.2) is 6.07 Å². The van der Waals surface area contributed by atoms with E-state index in [1.807, 2.05) is 0 Å². The Hall–Kier alpha value is -1.79. The molecule has 1 aromatic rings. The number of hydrogen-bond donors (Lipinski definition) is 5. The first-order chi connectivity index (χ1) is 13.9. The van der Waals surface area contributed by atoms with Crippen molar-refractivity contribution in [1.29, 1.82) is 5.26 Å². The summed E-state index contributed by atoms with van der Waals surface area (Å²) in [7, 11) is 0. The largest absolute Gasteiger partial charge is 0.378 e. The van der Waals surface area contributed by atoms with Gasteiger partial charge in [-0.15, -0.1) is 0 Å². The summed E-state index contributed by atoms with van der Waals surface area (Å²) in [5, 5.41) is 28.3. The van der Waals surface area contributed by atoms with Gasteiger partial charge in [0.15, 0.2) is 0 Å². The predicted octanol–water partition coefficient (Wildman–Crippen LogP) is 1.94. The lowest BCUT2D eigenvalue weighted by atomic mass is 9.91. The van der Waals surface area contributed by atoms with Gasteiger partial charge >= 0.3 is 0 Å². The molecule has 0 spiro atoms. The van der Waals surface area contributed by atoms with E-state index in [1.54, 1.807) is 0 Å². The molecule has 2 heterocycles. The van der Waals surface area contributed by atoms with Crippen molar-refractivity contribution < 1.29 is 14.7 Å². The number of carbonyl (C=O) groups is 2. The van der Waals surface area contributed by atoms with Crippen LogP contribution < -0.4 is 16.0 Å². The predicted molar refractivity (Wildman–Crippen MR) is 108 cm³/mol. The molecule has 29 heavy (non-hydrogen) atoms. The van der Waals surface area contributed by atoms with Gasteiger partial charge in [-0.25, -0.2) is 0 Å². The van der Waals surface area contributed by atoms with Gasteiger partial charge in [-0.3, -0.25) is 14.9 Å². The van der Waals surface area contributed by atoms with Gasteiger partial charge in [-0.1, -0.05) is 36.0 Å². The van der Waals surface area contributed by atoms with Crippen LogP contribution in [0.25, 0.3) is 0 Å². The molecule has 158 valence electrons. The van der Waals surface area contributed by atoms with Crippen molar-refractivity contribution in [2.45, 2.75) is 56.8 Å². The van der Waals surface area contributed by atoms with Crippen molar-refractivity contribution in [2.75, 3.05) is 6.54 Å². The quantitative estimate of drug-likeness (QED) is 0.420. The minimum Gasteiger partial charge on any atom is -0.378 e. The van der Waals surface area contributed by atoms with Crippen molar-refractivity contribution in [3.63, 3.8) is 0 Å². The van der Waals surface area contributed by atoms with Crippen LogP contribution in [0.4, 0.5) is 0 Å². The van der Waals surface area contributed by atoms with Crippen molar-refractivity contribution in [3.8, 4) is 6.07 Å². The van der Waals surface area contributed by atoms with Gasteiger partial charge in [0.1, 0.15) is 29.2 Å². The summed E-state index contributed by atoms with van der Waals surface area (Å²) < 4.78 is 0. The van der Waals surface area contributed by atoms with Gasteiger partial charge in [0.25, 0.3) is 5.91 Å². The Morgan fingerprint density at radius 2 is 2.03 bits per heavy atom. The average molecular weight is 442 g/mol. The lowest BCUT2D eigenvalue weighted by Gasteiger charge is -2.30. The second-order valence-corrected chi connectivity index (χ2v) is 8.56. The van der Waals surface area contributed by atoms with E-state index >= 15 is 0 Å². The molecule has 0 aromatic carbocycles. The van der Waals surface area contributed by atoms with Crippen molar-refractivity contribution in [2.24, 2.45) is 11.8 Å². The third-order valence-corrected chi connectivity index (χ3v) is 6.11. The number of piperidine rings is 1. The van der Waals surface area contributed by atoms with Crippen molar-refractivity contribution in [1.82, 2.24) is 20.9 Å². The highest BCUT2D eigenvalue weighted by molar-refractivity contribution is 6.41. The van der Waals surface area contributed by atoms with Crippen LogP contribution in [-0.2, 0) is 4.79 Å². The number of nitrogens with zero attached hydrogens (tertiary/aromatic N) is 1. The first kappa shape index (κ1) is 21.9. The molecule has 1 saturated heterocycles. The minimum absolute atomic E-state index is 0.103. The number of rotatable bonds is 8. The maximum absolute atomic E-state index is 12.8. The van der Waals surface area contributed by atoms with Crippen molar-refractivity contribution >= 4 is 35.0 Å². The Morgan fingerprint density at radius 1 is 1.28 bits per heavy atom. The number of halogens is 2. The molecular formula is C19H25Cl2N5O3. The lowest BCUT2D eigenvalue weighted by Crippen LogP contribution is -2.51. The number of aliphatic hydroxyl groups is 1. The zero-order valence-electron chi connectivity index (χ0n) is 15.9. The topological polar surface area (TPSA) is 130 Å². The zero-order valence-corrected chi connectivity index (χ0v) is 17.4. The monoisotopic (exact) mass is 441 g/mol. The highest BCUT2D eigenvalue weighted by Crippen LogP contribution is 2.33. The molecule has 1 aliphatic heterocycles. The third kappa shape index (κ3) is 6.09. The molecule has 8 nitrogen and oxygen atoms in total. The van der Waals surface area contributed by atoms with Crippen LogP contribution >= 0.6 is 23.2 Å². The summed E-state index contributed by atoms with van der Waals surface area (Å²) in [5.74, 6) is -0.612. The Kier molecular flexibility index (Phi) is 7.41. The Bertz CT molecular complexity index is 770. The molecule has 10 heteroatoms. The number of aliphatic hydroxyl groups excluding tert-OH is 1. The normalized spacial score (nSPS) is 23.7. The lowest BCUT2D eigenvalue weighted by molar-refractivity contribution is -0.123. The first-order valence-corrected chi connectivity index (χ1v) is 10.6. The highest BCUT2D eigenvalue weighted by atomic mass is 35.5. The fourth-order valence-electron chi connectivity index (χ4n) is 3.59. The van der Waals surface area contributed by atoms with Crippen molar-refractivity contribution in [3.05, 3.63) is 21.9 Å². The number of nitriles is 1. The van der Waals surface area contributed by atoms with Crippen LogP contribution in [0.1, 0.15) is 49.0 Å². The third-order valence-electron chi connectivity index (χ3n) is 5.42. The summed E-state index contributed by atoms with van der Waals surface area (Å²) in [5.41, 5.74) is 0.168. The van der Waals surface area contributed by atoms with E-state index < -0.39 is 30.1 Å². The fraction of sp³-hybridized carbons (Fsp3) is 0.632. The van der Waals surface area contributed by atoms with Crippen LogP contribution in [0.5, 0.6) is 0 Å². The van der Waals surface area contributed by atoms with E-state index in [2.05, 4.69) is 27.0 Å². The smallest absolute Gasteiger partial charge is 0.268 e. The van der Waals surface area contributed by atoms with Crippen LogP contribution in [0.2, 0.25) is 10.2 Å². The number of amides is 2. The van der Waals surface area contributed by atoms with Gasteiger partial charge in [-0.05, 0) is 44.2 Å². The number of hydrogen-bond acceptors (Lipinski definition) is 5. The highest BCUT2D eigenvalue weighted by Gasteiger charge is 2.33. The Balaban J connectivity index is 1.61. The molecule has 4 atom stereocenters. The number of aromatic amines is 1. The van der Waals surface area contributed by atoms with Gasteiger partial charge < -0.3 is 20.7 Å². The molecule has 2 aliphatic rings. The molecule has 1 unspecified atom stereocenters. The number of aromatic nitrogens is 1. The van der Waals surface area contributed by atoms with Crippen LogP contribution in [-0.4, -0.2) is 46.8 Å². The minimum atomic E-state index is -0.763. The van der Waals surface area contributed by atoms with Gasteiger partial charge in [-0.2, -0.15) is 5.26 Å². The maximum atomic E-state index is 12.8. The molecule has 0 bridgehead atoms. The summed E-state index contributed by atoms with van der Waals surface area (Å²) in [6.07, 6.45) is 3.91. The molecule has 5 N–H and O–H groups in total. The molecule has 2 fully saturated rings. The van der Waals surface area contributed by atoms with E-state index in [-0.39, 0.29) is 21.8 Å². The van der Waals surface area contributed by atoms with Gasteiger partial charge in [0.05, 0.1) is 11.1 Å². The SMILES string of the molecule is N#C[C@H](C[C@@H]1CCCNC1O)NC(=O)[C@H](CC1CC1)NC(=O)c1cc(Cl)c(Cl)[nH]1. The summed E-state index contributed by atoms with van der Waals surface area (Å²) in [6.45, 7) is 0.740. The first-order valence-electron chi connectivity index (χ1n) is 9.83. The van der Waals surface area contributed by atoms with Gasteiger partial charge in [0, 0.05) is 5.92 Å². The van der Waals surface area contributed by atoms with E-state index in [4.69, 9.17) is 23.2 Å². The molecule has 0 radical (unpaired) electrons. The number of H-pyrrole nitrogens is 1. The van der Waals surface area contributed by atoms with Crippen LogP contribution in [0, 0.1) is 23.2 Å². The van der Waals surface area contributed by atoms with E-state index in [1.165, 1.54) is 6.07 Å². The van der Waals surface area contributed by atoms with E-state index in [0.717, 1.165) is 32.2 Å². The Labute approximate surface area is 179 Å². The molecular weight excluding hydrogens is 417 g/mol. The molecule has 2 amide bonds.